The first kappa shape index (κ1) is 13.0. The molecule has 0 saturated carbocycles. The van der Waals surface area contributed by atoms with Gasteiger partial charge in [0.2, 0.25) is 0 Å². The summed E-state index contributed by atoms with van der Waals surface area (Å²) in [5, 5.41) is 3.97. The van der Waals surface area contributed by atoms with Crippen LogP contribution in [0.5, 0.6) is 5.75 Å². The van der Waals surface area contributed by atoms with Gasteiger partial charge in [-0.1, -0.05) is 23.2 Å². The summed E-state index contributed by atoms with van der Waals surface area (Å²) in [7, 11) is 0. The smallest absolute Gasteiger partial charge is 0.170 e. The van der Waals surface area contributed by atoms with Gasteiger partial charge < -0.3 is 10.1 Å². The summed E-state index contributed by atoms with van der Waals surface area (Å²) < 4.78 is 5.84. The highest BCUT2D eigenvalue weighted by Crippen LogP contribution is 2.41. The van der Waals surface area contributed by atoms with Gasteiger partial charge in [-0.15, -0.1) is 12.4 Å². The van der Waals surface area contributed by atoms with Gasteiger partial charge in [0.25, 0.3) is 0 Å². The molecule has 1 fully saturated rings. The van der Waals surface area contributed by atoms with Crippen molar-refractivity contribution in [3.8, 4) is 5.75 Å². The predicted octanol–water partition coefficient (Wildman–Crippen LogP) is 2.72. The number of Topliss-reactive ketones (excluding diaryl/α,β-unsaturated/α-hetero) is 1. The van der Waals surface area contributed by atoms with E-state index in [1.165, 1.54) is 0 Å². The lowest BCUT2D eigenvalue weighted by atomic mass is 9.85. The molecule has 1 aromatic carbocycles. The Morgan fingerprint density at radius 3 is 2.59 bits per heavy atom. The van der Waals surface area contributed by atoms with Gasteiger partial charge in [-0.05, 0) is 12.1 Å². The predicted molar refractivity (Wildman–Crippen MR) is 68.9 cm³/mol. The van der Waals surface area contributed by atoms with E-state index in [4.69, 9.17) is 27.9 Å². The SMILES string of the molecule is Cl.O=C1CC2(CNC2)Oc2c(Cl)cc(Cl)cc21. The Balaban J connectivity index is 0.00000108. The molecule has 1 N–H and O–H groups in total. The number of hydrogen-bond donors (Lipinski definition) is 1. The minimum atomic E-state index is -0.387. The molecule has 0 amide bonds. The quantitative estimate of drug-likeness (QED) is 0.799. The largest absolute Gasteiger partial charge is 0.482 e. The molecule has 2 aliphatic rings. The van der Waals surface area contributed by atoms with Crippen molar-refractivity contribution in [1.82, 2.24) is 5.32 Å². The summed E-state index contributed by atoms with van der Waals surface area (Å²) in [6, 6.07) is 3.21. The Labute approximate surface area is 115 Å². The fraction of sp³-hybridized carbons (Fsp3) is 0.364. The van der Waals surface area contributed by atoms with Crippen molar-refractivity contribution in [2.24, 2.45) is 0 Å². The summed E-state index contributed by atoms with van der Waals surface area (Å²) in [6.07, 6.45) is 0.393. The fourth-order valence-corrected chi connectivity index (χ4v) is 2.64. The van der Waals surface area contributed by atoms with Crippen molar-refractivity contribution in [3.05, 3.63) is 27.7 Å². The van der Waals surface area contributed by atoms with E-state index in [1.807, 2.05) is 0 Å². The molecule has 92 valence electrons. The number of rotatable bonds is 0. The summed E-state index contributed by atoms with van der Waals surface area (Å²) in [5.74, 6) is 0.524. The maximum Gasteiger partial charge on any atom is 0.170 e. The highest BCUT2D eigenvalue weighted by atomic mass is 35.5. The van der Waals surface area contributed by atoms with Crippen LogP contribution in [0.1, 0.15) is 16.8 Å². The Morgan fingerprint density at radius 2 is 2.00 bits per heavy atom. The van der Waals surface area contributed by atoms with Crippen molar-refractivity contribution in [2.45, 2.75) is 12.0 Å². The molecule has 6 heteroatoms. The van der Waals surface area contributed by atoms with Crippen molar-refractivity contribution >= 4 is 41.4 Å². The lowest BCUT2D eigenvalue weighted by molar-refractivity contribution is 0.00249. The molecule has 0 aromatic heterocycles. The molecule has 3 rings (SSSR count). The van der Waals surface area contributed by atoms with Crippen LogP contribution in [0.4, 0.5) is 0 Å². The number of carbonyl (C=O) groups is 1. The average Bonchev–Trinajstić information content (AvgIpc) is 2.17. The molecule has 0 unspecified atom stereocenters. The number of fused-ring (bicyclic) bond motifs is 1. The highest BCUT2D eigenvalue weighted by molar-refractivity contribution is 6.36. The molecule has 2 aliphatic heterocycles. The van der Waals surface area contributed by atoms with Gasteiger partial charge in [-0.25, -0.2) is 0 Å². The van der Waals surface area contributed by atoms with Crippen LogP contribution < -0.4 is 10.1 Å². The summed E-state index contributed by atoms with van der Waals surface area (Å²) in [6.45, 7) is 1.38. The van der Waals surface area contributed by atoms with Gasteiger partial charge >= 0.3 is 0 Å². The van der Waals surface area contributed by atoms with Gasteiger partial charge in [0.05, 0.1) is 17.0 Å². The Bertz CT molecular complexity index is 486. The van der Waals surface area contributed by atoms with E-state index in [-0.39, 0.29) is 23.8 Å². The second-order valence-electron chi connectivity index (χ2n) is 4.25. The van der Waals surface area contributed by atoms with E-state index in [9.17, 15) is 4.79 Å². The van der Waals surface area contributed by atoms with E-state index in [2.05, 4.69) is 5.32 Å². The molecular weight excluding hydrogens is 284 g/mol. The maximum atomic E-state index is 12.0. The topological polar surface area (TPSA) is 38.3 Å². The second-order valence-corrected chi connectivity index (χ2v) is 5.10. The van der Waals surface area contributed by atoms with Crippen LogP contribution in [0.15, 0.2) is 12.1 Å². The van der Waals surface area contributed by atoms with Crippen molar-refractivity contribution in [1.29, 1.82) is 0 Å². The zero-order valence-electron chi connectivity index (χ0n) is 8.76. The van der Waals surface area contributed by atoms with E-state index >= 15 is 0 Å². The lowest BCUT2D eigenvalue weighted by Gasteiger charge is -2.45. The molecular formula is C11H10Cl3NO2. The van der Waals surface area contributed by atoms with Gasteiger partial charge in [-0.3, -0.25) is 4.79 Å². The fourth-order valence-electron chi connectivity index (χ4n) is 2.11. The van der Waals surface area contributed by atoms with Crippen LogP contribution in [-0.4, -0.2) is 24.5 Å². The van der Waals surface area contributed by atoms with E-state index in [1.54, 1.807) is 12.1 Å². The third-order valence-corrected chi connectivity index (χ3v) is 3.50. The molecule has 0 aliphatic carbocycles. The van der Waals surface area contributed by atoms with E-state index in [0.717, 1.165) is 0 Å². The van der Waals surface area contributed by atoms with Crippen molar-refractivity contribution in [3.63, 3.8) is 0 Å². The minimum Gasteiger partial charge on any atom is -0.482 e. The molecule has 2 heterocycles. The molecule has 1 saturated heterocycles. The zero-order chi connectivity index (χ0) is 11.3. The summed E-state index contributed by atoms with van der Waals surface area (Å²) >= 11 is 11.9. The van der Waals surface area contributed by atoms with Crippen molar-refractivity contribution in [2.75, 3.05) is 13.1 Å². The van der Waals surface area contributed by atoms with Gasteiger partial charge in [0, 0.05) is 18.1 Å². The number of benzene rings is 1. The van der Waals surface area contributed by atoms with Crippen LogP contribution in [0.25, 0.3) is 0 Å². The monoisotopic (exact) mass is 293 g/mol. The average molecular weight is 295 g/mol. The van der Waals surface area contributed by atoms with Crippen LogP contribution in [0, 0.1) is 0 Å². The Kier molecular flexibility index (Phi) is 3.29. The third-order valence-electron chi connectivity index (χ3n) is 3.00. The third kappa shape index (κ3) is 2.02. The number of carbonyl (C=O) groups excluding carboxylic acids is 1. The minimum absolute atomic E-state index is 0. The van der Waals surface area contributed by atoms with Crippen molar-refractivity contribution < 1.29 is 9.53 Å². The lowest BCUT2D eigenvalue weighted by Crippen LogP contribution is -2.65. The molecule has 0 radical (unpaired) electrons. The Hall–Kier alpha value is -0.480. The molecule has 0 atom stereocenters. The number of hydrogen-bond acceptors (Lipinski definition) is 3. The normalized spacial score (nSPS) is 20.0. The number of nitrogens with one attached hydrogen (secondary N) is 1. The standard InChI is InChI=1S/C11H9Cl2NO2.ClH/c12-6-1-7-9(15)3-11(4-14-5-11)16-10(7)8(13)2-6;/h1-2,14H,3-5H2;1H. The molecule has 1 aromatic rings. The first-order chi connectivity index (χ1) is 7.60. The zero-order valence-corrected chi connectivity index (χ0v) is 11.1. The van der Waals surface area contributed by atoms with Gasteiger partial charge in [-0.2, -0.15) is 0 Å². The first-order valence-electron chi connectivity index (χ1n) is 5.02. The summed E-state index contributed by atoms with van der Waals surface area (Å²) in [4.78, 5) is 12.0. The number of ether oxygens (including phenoxy) is 1. The molecule has 0 bridgehead atoms. The first-order valence-corrected chi connectivity index (χ1v) is 5.77. The van der Waals surface area contributed by atoms with Crippen LogP contribution in [0.3, 0.4) is 0 Å². The summed E-state index contributed by atoms with van der Waals surface area (Å²) in [5.41, 5.74) is 0.108. The molecule has 17 heavy (non-hydrogen) atoms. The van der Waals surface area contributed by atoms with E-state index < -0.39 is 0 Å². The van der Waals surface area contributed by atoms with Gasteiger partial charge in [0.1, 0.15) is 11.4 Å². The maximum absolute atomic E-state index is 12.0. The molecule has 3 nitrogen and oxygen atoms in total. The van der Waals surface area contributed by atoms with E-state index in [0.29, 0.717) is 40.9 Å². The van der Waals surface area contributed by atoms with Gasteiger partial charge in [0.15, 0.2) is 5.78 Å². The van der Waals surface area contributed by atoms with Crippen LogP contribution in [-0.2, 0) is 0 Å². The highest BCUT2D eigenvalue weighted by Gasteiger charge is 2.46. The van der Waals surface area contributed by atoms with Crippen LogP contribution >= 0.6 is 35.6 Å². The Morgan fingerprint density at radius 1 is 1.29 bits per heavy atom. The van der Waals surface area contributed by atoms with Crippen LogP contribution in [0.2, 0.25) is 10.0 Å². The second kappa shape index (κ2) is 4.32. The number of halogens is 3. The number of ketones is 1. The molecule has 1 spiro atoms.